The minimum absolute atomic E-state index is 0.306. The van der Waals surface area contributed by atoms with E-state index in [-0.39, 0.29) is 5.56 Å². The maximum atomic E-state index is 13.2. The summed E-state index contributed by atoms with van der Waals surface area (Å²) in [5, 5.41) is 2.74. The molecule has 0 aliphatic rings. The van der Waals surface area contributed by atoms with E-state index in [0.717, 1.165) is 6.07 Å². The second-order valence-corrected chi connectivity index (χ2v) is 8.10. The molecule has 0 saturated carbocycles. The van der Waals surface area contributed by atoms with Gasteiger partial charge in [0.1, 0.15) is 11.4 Å². The van der Waals surface area contributed by atoms with E-state index in [4.69, 9.17) is 0 Å². The number of alkyl halides is 3. The molecule has 0 atom stereocenters. The minimum Gasteiger partial charge on any atom is -0.206 e. The molecule has 0 heterocycles. The molecule has 0 spiro atoms. The van der Waals surface area contributed by atoms with Gasteiger partial charge < -0.3 is 0 Å². The lowest BCUT2D eigenvalue weighted by atomic mass is 10.1. The van der Waals surface area contributed by atoms with Gasteiger partial charge in [-0.3, -0.25) is 0 Å². The van der Waals surface area contributed by atoms with Crippen molar-refractivity contribution in [2.24, 2.45) is 0 Å². The lowest BCUT2D eigenvalue weighted by molar-refractivity contribution is -0.140. The predicted octanol–water partition coefficient (Wildman–Crippen LogP) is 3.85. The molecule has 0 unspecified atom stereocenters. The second kappa shape index (κ2) is 4.61. The minimum atomic E-state index is -4.72. The van der Waals surface area contributed by atoms with Crippen LogP contribution in [0.3, 0.4) is 0 Å². The molecule has 0 amide bonds. The topological polar surface area (TPSA) is 0 Å². The summed E-state index contributed by atoms with van der Waals surface area (Å²) in [6.45, 7) is 0. The summed E-state index contributed by atoms with van der Waals surface area (Å²) in [6.07, 6.45) is 0.842. The van der Waals surface area contributed by atoms with Gasteiger partial charge in [-0.05, 0) is 36.2 Å². The third kappa shape index (κ3) is 3.97. The fourth-order valence-electron chi connectivity index (χ4n) is 1.12. The Kier molecular flexibility index (Phi) is 3.78. The van der Waals surface area contributed by atoms with Crippen LogP contribution in [0.2, 0.25) is 0 Å². The zero-order valence-corrected chi connectivity index (χ0v) is 10.5. The van der Waals surface area contributed by atoms with Crippen LogP contribution in [-0.4, -0.2) is 18.8 Å². The van der Waals surface area contributed by atoms with Crippen molar-refractivity contribution < 1.29 is 17.6 Å². The third-order valence-electron chi connectivity index (χ3n) is 1.79. The number of rotatable bonds is 0. The Morgan fingerprint density at radius 1 is 1.12 bits per heavy atom. The van der Waals surface area contributed by atoms with Crippen molar-refractivity contribution in [3.05, 3.63) is 35.1 Å². The highest BCUT2D eigenvalue weighted by atomic mass is 32.3. The highest BCUT2D eigenvalue weighted by Crippen LogP contribution is 2.35. The first-order valence-corrected chi connectivity index (χ1v) is 7.54. The Morgan fingerprint density at radius 2 is 1.71 bits per heavy atom. The summed E-state index contributed by atoms with van der Waals surface area (Å²) < 4.78 is 51.1. The third-order valence-corrected chi connectivity index (χ3v) is 2.50. The molecule has 5 heteroatoms. The van der Waals surface area contributed by atoms with Crippen molar-refractivity contribution >= 4 is 10.0 Å². The van der Waals surface area contributed by atoms with Crippen molar-refractivity contribution in [3.63, 3.8) is 0 Å². The fourth-order valence-corrected chi connectivity index (χ4v) is 1.54. The van der Waals surface area contributed by atoms with Gasteiger partial charge >= 0.3 is 6.18 Å². The van der Waals surface area contributed by atoms with E-state index in [0.29, 0.717) is 0 Å². The van der Waals surface area contributed by atoms with Crippen LogP contribution in [0.1, 0.15) is 11.1 Å². The molecule has 0 saturated heterocycles. The molecule has 0 N–H and O–H groups in total. The first-order valence-electron chi connectivity index (χ1n) is 4.68. The van der Waals surface area contributed by atoms with Gasteiger partial charge in [0.25, 0.3) is 0 Å². The summed E-state index contributed by atoms with van der Waals surface area (Å²) in [7, 11) is -1.25. The van der Waals surface area contributed by atoms with Gasteiger partial charge in [0.05, 0.1) is 0 Å². The van der Waals surface area contributed by atoms with Crippen LogP contribution in [0.4, 0.5) is 17.6 Å². The number of benzene rings is 1. The quantitative estimate of drug-likeness (QED) is 0.493. The fraction of sp³-hybridized carbons (Fsp3) is 0.333. The second-order valence-electron chi connectivity index (χ2n) is 4.22. The van der Waals surface area contributed by atoms with Gasteiger partial charge in [0, 0.05) is 5.56 Å². The highest BCUT2D eigenvalue weighted by Gasteiger charge is 2.36. The van der Waals surface area contributed by atoms with Gasteiger partial charge in [0.15, 0.2) is 0 Å². The molecule has 94 valence electrons. The van der Waals surface area contributed by atoms with Gasteiger partial charge in [0.2, 0.25) is 0 Å². The maximum Gasteiger partial charge on any atom is 0.420 e. The molecule has 0 fully saturated rings. The van der Waals surface area contributed by atoms with Crippen LogP contribution < -0.4 is 0 Å². The first-order chi connectivity index (χ1) is 7.61. The summed E-state index contributed by atoms with van der Waals surface area (Å²) in [5.41, 5.74) is -1.59. The lowest BCUT2D eigenvalue weighted by Crippen LogP contribution is -2.10. The normalized spacial score (nSPS) is 12.9. The van der Waals surface area contributed by atoms with Crippen LogP contribution in [0.15, 0.2) is 18.2 Å². The van der Waals surface area contributed by atoms with Gasteiger partial charge in [-0.25, -0.2) is 4.39 Å². The van der Waals surface area contributed by atoms with E-state index in [9.17, 15) is 17.6 Å². The Balaban J connectivity index is 3.34. The summed E-state index contributed by atoms with van der Waals surface area (Å²) in [6, 6.07) is 3.20. The smallest absolute Gasteiger partial charge is 0.206 e. The largest absolute Gasteiger partial charge is 0.420 e. The standard InChI is InChI=1S/C12H12F4S/c1-17(2,3)8-7-9-5-4-6-10(13)11(9)12(14,15)16/h4-6H,1-3H3. The molecule has 0 aliphatic carbocycles. The average Bonchev–Trinajstić information content (AvgIpc) is 2.11. The molecule has 0 radical (unpaired) electrons. The van der Waals surface area contributed by atoms with E-state index < -0.39 is 27.6 Å². The number of hydrogen-bond donors (Lipinski definition) is 0. The molecule has 0 nitrogen and oxygen atoms in total. The number of halogens is 4. The van der Waals surface area contributed by atoms with Gasteiger partial charge in [-0.1, -0.05) is 12.0 Å². The van der Waals surface area contributed by atoms with E-state index >= 15 is 0 Å². The van der Waals surface area contributed by atoms with E-state index in [1.165, 1.54) is 12.1 Å². The van der Waals surface area contributed by atoms with Crippen molar-refractivity contribution in [1.29, 1.82) is 0 Å². The maximum absolute atomic E-state index is 13.2. The monoisotopic (exact) mass is 264 g/mol. The SMILES string of the molecule is CS(C)(C)C#Cc1cccc(F)c1C(F)(F)F. The molecular formula is C12H12F4S. The van der Waals surface area contributed by atoms with Crippen LogP contribution in [0, 0.1) is 17.0 Å². The van der Waals surface area contributed by atoms with Crippen LogP contribution in [-0.2, 0) is 6.18 Å². The summed E-state index contributed by atoms with van der Waals surface area (Å²) in [5.74, 6) is 1.14. The molecule has 1 aromatic carbocycles. The number of hydrogen-bond acceptors (Lipinski definition) is 0. The molecular weight excluding hydrogens is 252 g/mol. The average molecular weight is 264 g/mol. The zero-order valence-electron chi connectivity index (χ0n) is 9.65. The molecule has 1 aromatic rings. The Hall–Kier alpha value is -1.15. The first kappa shape index (κ1) is 13.9. The molecule has 0 aliphatic heterocycles. The van der Waals surface area contributed by atoms with Gasteiger partial charge in [-0.2, -0.15) is 23.2 Å². The predicted molar refractivity (Wildman–Crippen MR) is 63.6 cm³/mol. The lowest BCUT2D eigenvalue weighted by Gasteiger charge is -2.15. The van der Waals surface area contributed by atoms with Gasteiger partial charge in [-0.15, -0.1) is 0 Å². The Morgan fingerprint density at radius 3 is 2.18 bits per heavy atom. The molecule has 1 rings (SSSR count). The molecule has 17 heavy (non-hydrogen) atoms. The van der Waals surface area contributed by atoms with E-state index in [1.807, 2.05) is 18.8 Å². The van der Waals surface area contributed by atoms with Crippen LogP contribution in [0.25, 0.3) is 0 Å². The van der Waals surface area contributed by atoms with Crippen molar-refractivity contribution in [3.8, 4) is 11.2 Å². The Bertz CT molecular complexity index is 472. The zero-order chi connectivity index (χ0) is 13.3. The summed E-state index contributed by atoms with van der Waals surface area (Å²) >= 11 is 0. The van der Waals surface area contributed by atoms with Crippen LogP contribution >= 0.6 is 10.0 Å². The summed E-state index contributed by atoms with van der Waals surface area (Å²) in [4.78, 5) is 0. The highest BCUT2D eigenvalue weighted by molar-refractivity contribution is 8.35. The molecule has 0 bridgehead atoms. The van der Waals surface area contributed by atoms with E-state index in [1.54, 1.807) is 0 Å². The van der Waals surface area contributed by atoms with Crippen molar-refractivity contribution in [1.82, 2.24) is 0 Å². The van der Waals surface area contributed by atoms with Crippen molar-refractivity contribution in [2.45, 2.75) is 6.18 Å². The van der Waals surface area contributed by atoms with Crippen molar-refractivity contribution in [2.75, 3.05) is 18.8 Å². The van der Waals surface area contributed by atoms with Crippen LogP contribution in [0.5, 0.6) is 0 Å². The Labute approximate surface area is 99.3 Å². The van der Waals surface area contributed by atoms with E-state index in [2.05, 4.69) is 11.2 Å². The molecule has 0 aromatic heterocycles.